The molecule has 28 heavy (non-hydrogen) atoms. The quantitative estimate of drug-likeness (QED) is 0.624. The lowest BCUT2D eigenvalue weighted by molar-refractivity contribution is 0.0646. The van der Waals surface area contributed by atoms with Gasteiger partial charge in [-0.15, -0.1) is 0 Å². The number of benzene rings is 1. The van der Waals surface area contributed by atoms with Crippen molar-refractivity contribution in [1.82, 2.24) is 0 Å². The van der Waals surface area contributed by atoms with Gasteiger partial charge < -0.3 is 10.2 Å². The second kappa shape index (κ2) is 6.89. The first-order chi connectivity index (χ1) is 12.1. The Hall–Kier alpha value is -1.84. The molecule has 0 fully saturated rings. The molecule has 158 valence electrons. The summed E-state index contributed by atoms with van der Waals surface area (Å²) in [6, 6.07) is 0. The van der Waals surface area contributed by atoms with Crippen LogP contribution in [0, 0.1) is 0 Å². The Morgan fingerprint density at radius 1 is 0.464 bits per heavy atom. The fourth-order valence-corrected chi connectivity index (χ4v) is 4.18. The minimum absolute atomic E-state index is 0.0668. The Morgan fingerprint density at radius 2 is 0.643 bits per heavy atom. The highest BCUT2D eigenvalue weighted by molar-refractivity contribution is 6.05. The van der Waals surface area contributed by atoms with Crippen molar-refractivity contribution in [2.45, 2.75) is 105 Å². The van der Waals surface area contributed by atoms with Gasteiger partial charge in [0.1, 0.15) is 0 Å². The van der Waals surface area contributed by atoms with E-state index in [1.165, 1.54) is 0 Å². The molecule has 0 aliphatic heterocycles. The molecule has 1 aromatic carbocycles. The van der Waals surface area contributed by atoms with Crippen LogP contribution in [0.5, 0.6) is 0 Å². The van der Waals surface area contributed by atoms with Gasteiger partial charge in [0.2, 0.25) is 0 Å². The molecule has 0 spiro atoms. The Labute approximate surface area is 170 Å². The molecule has 0 heterocycles. The first-order valence-electron chi connectivity index (χ1n) is 9.86. The largest absolute Gasteiger partial charge is 0.478 e. The molecule has 4 heteroatoms. The first kappa shape index (κ1) is 24.2. The lowest BCUT2D eigenvalue weighted by atomic mass is 9.61. The first-order valence-corrected chi connectivity index (χ1v) is 9.86. The number of carbonyl (C=O) groups is 2. The van der Waals surface area contributed by atoms with Crippen molar-refractivity contribution in [3.05, 3.63) is 33.4 Å². The zero-order valence-electron chi connectivity index (χ0n) is 19.7. The highest BCUT2D eigenvalue weighted by Crippen LogP contribution is 2.48. The molecular formula is C24H38O4. The zero-order valence-corrected chi connectivity index (χ0v) is 19.7. The predicted octanol–water partition coefficient (Wildman–Crippen LogP) is 6.27. The molecule has 0 bridgehead atoms. The van der Waals surface area contributed by atoms with Gasteiger partial charge in [-0.3, -0.25) is 0 Å². The van der Waals surface area contributed by atoms with Gasteiger partial charge in [0.25, 0.3) is 0 Å². The van der Waals surface area contributed by atoms with Crippen LogP contribution in [0.25, 0.3) is 0 Å². The van der Waals surface area contributed by atoms with Crippen LogP contribution in [0.3, 0.4) is 0 Å². The number of carboxylic acids is 2. The van der Waals surface area contributed by atoms with Gasteiger partial charge in [-0.2, -0.15) is 0 Å². The highest BCUT2D eigenvalue weighted by atomic mass is 16.4. The summed E-state index contributed by atoms with van der Waals surface area (Å²) in [6.07, 6.45) is 0. The van der Waals surface area contributed by atoms with Crippen LogP contribution < -0.4 is 0 Å². The van der Waals surface area contributed by atoms with Crippen molar-refractivity contribution in [3.8, 4) is 0 Å². The van der Waals surface area contributed by atoms with Crippen LogP contribution in [-0.4, -0.2) is 22.2 Å². The monoisotopic (exact) mass is 390 g/mol. The van der Waals surface area contributed by atoms with Gasteiger partial charge in [0, 0.05) is 0 Å². The van der Waals surface area contributed by atoms with Crippen molar-refractivity contribution < 1.29 is 19.8 Å². The summed E-state index contributed by atoms with van der Waals surface area (Å²) in [7, 11) is 0. The van der Waals surface area contributed by atoms with E-state index in [4.69, 9.17) is 0 Å². The summed E-state index contributed by atoms with van der Waals surface area (Å²) in [6.45, 7) is 24.2. The van der Waals surface area contributed by atoms with E-state index in [0.29, 0.717) is 11.1 Å². The van der Waals surface area contributed by atoms with Gasteiger partial charge in [-0.1, -0.05) is 83.1 Å². The Bertz CT molecular complexity index is 733. The maximum absolute atomic E-state index is 12.4. The Morgan fingerprint density at radius 3 is 0.750 bits per heavy atom. The van der Waals surface area contributed by atoms with E-state index in [-0.39, 0.29) is 22.0 Å². The van der Waals surface area contributed by atoms with Crippen molar-refractivity contribution in [2.24, 2.45) is 0 Å². The zero-order chi connectivity index (χ0) is 22.6. The third-order valence-corrected chi connectivity index (χ3v) is 4.93. The maximum Gasteiger partial charge on any atom is 0.336 e. The number of hydrogen-bond donors (Lipinski definition) is 2. The third kappa shape index (κ3) is 4.42. The lowest BCUT2D eigenvalue weighted by Gasteiger charge is -2.42. The van der Waals surface area contributed by atoms with E-state index in [2.05, 4.69) is 41.5 Å². The highest BCUT2D eigenvalue weighted by Gasteiger charge is 2.43. The van der Waals surface area contributed by atoms with E-state index in [1.54, 1.807) is 0 Å². The van der Waals surface area contributed by atoms with Gasteiger partial charge in [0.15, 0.2) is 0 Å². The van der Waals surface area contributed by atoms with Gasteiger partial charge in [-0.05, 0) is 43.9 Å². The fraction of sp³-hybridized carbons (Fsp3) is 0.667. The molecule has 0 aliphatic carbocycles. The minimum Gasteiger partial charge on any atom is -0.478 e. The van der Waals surface area contributed by atoms with E-state index in [1.807, 2.05) is 41.5 Å². The van der Waals surface area contributed by atoms with Crippen molar-refractivity contribution in [1.29, 1.82) is 0 Å². The fourth-order valence-electron chi connectivity index (χ4n) is 4.18. The van der Waals surface area contributed by atoms with Gasteiger partial charge >= 0.3 is 11.9 Å². The molecule has 0 amide bonds. The van der Waals surface area contributed by atoms with Crippen LogP contribution in [0.4, 0.5) is 0 Å². The average Bonchev–Trinajstić information content (AvgIpc) is 2.39. The van der Waals surface area contributed by atoms with Crippen LogP contribution in [0.15, 0.2) is 0 Å². The van der Waals surface area contributed by atoms with Crippen molar-refractivity contribution >= 4 is 11.9 Å². The molecule has 4 nitrogen and oxygen atoms in total. The van der Waals surface area contributed by atoms with Crippen LogP contribution in [-0.2, 0) is 21.7 Å². The maximum atomic E-state index is 12.4. The van der Waals surface area contributed by atoms with Crippen molar-refractivity contribution in [3.63, 3.8) is 0 Å². The molecule has 0 aromatic heterocycles. The van der Waals surface area contributed by atoms with Crippen LogP contribution in [0.2, 0.25) is 0 Å². The third-order valence-electron chi connectivity index (χ3n) is 4.93. The summed E-state index contributed by atoms with van der Waals surface area (Å²) >= 11 is 0. The molecule has 0 unspecified atom stereocenters. The lowest BCUT2D eigenvalue weighted by Crippen LogP contribution is -2.36. The van der Waals surface area contributed by atoms with Crippen molar-refractivity contribution in [2.75, 3.05) is 0 Å². The normalized spacial score (nSPS) is 13.6. The Balaban J connectivity index is 4.74. The van der Waals surface area contributed by atoms with Crippen LogP contribution >= 0.6 is 0 Å². The summed E-state index contributed by atoms with van der Waals surface area (Å²) < 4.78 is 0. The molecule has 0 atom stereocenters. The number of rotatable bonds is 2. The second-order valence-corrected chi connectivity index (χ2v) is 11.9. The molecule has 0 saturated heterocycles. The standard InChI is InChI=1S/C24H38O4/c1-21(2,3)15-13(19(25)26)14(20(27)28)16(22(4,5)6)18(24(10,11)12)17(15)23(7,8)9/h1-12H3,(H,25,26)(H,27,28). The predicted molar refractivity (Wildman–Crippen MR) is 115 cm³/mol. The summed E-state index contributed by atoms with van der Waals surface area (Å²) in [5, 5.41) is 20.3. The topological polar surface area (TPSA) is 74.6 Å². The summed E-state index contributed by atoms with van der Waals surface area (Å²) in [5.74, 6) is -2.36. The minimum atomic E-state index is -1.18. The summed E-state index contributed by atoms with van der Waals surface area (Å²) in [4.78, 5) is 24.9. The Kier molecular flexibility index (Phi) is 5.96. The molecule has 0 aliphatic rings. The smallest absolute Gasteiger partial charge is 0.336 e. The van der Waals surface area contributed by atoms with E-state index in [0.717, 1.165) is 11.1 Å². The summed E-state index contributed by atoms with van der Waals surface area (Å²) in [5.41, 5.74) is 1.27. The number of aromatic carboxylic acids is 2. The molecule has 0 radical (unpaired) electrons. The van der Waals surface area contributed by atoms with E-state index < -0.39 is 22.8 Å². The number of carboxylic acid groups (broad SMARTS) is 2. The van der Waals surface area contributed by atoms with Gasteiger partial charge in [0.05, 0.1) is 11.1 Å². The molecule has 2 N–H and O–H groups in total. The second-order valence-electron chi connectivity index (χ2n) is 11.9. The SMILES string of the molecule is CC(C)(C)c1c(C(=O)O)c(C(=O)O)c(C(C)(C)C)c(C(C)(C)C)c1C(C)(C)C. The molecule has 1 rings (SSSR count). The molecule has 1 aromatic rings. The molecular weight excluding hydrogens is 352 g/mol. The van der Waals surface area contributed by atoms with E-state index in [9.17, 15) is 19.8 Å². The average molecular weight is 391 g/mol. The van der Waals surface area contributed by atoms with Gasteiger partial charge in [-0.25, -0.2) is 9.59 Å². The molecule has 0 saturated carbocycles. The van der Waals surface area contributed by atoms with E-state index >= 15 is 0 Å². The number of hydrogen-bond acceptors (Lipinski definition) is 2. The van der Waals surface area contributed by atoms with Crippen LogP contribution in [0.1, 0.15) is 126 Å².